The molecule has 0 unspecified atom stereocenters. The molecule has 1 aromatic heterocycles. The summed E-state index contributed by atoms with van der Waals surface area (Å²) in [6, 6.07) is 2.07. The lowest BCUT2D eigenvalue weighted by Gasteiger charge is -2.10. The van der Waals surface area contributed by atoms with Crippen LogP contribution in [0.15, 0.2) is 18.5 Å². The van der Waals surface area contributed by atoms with Crippen molar-refractivity contribution in [2.75, 3.05) is 0 Å². The highest BCUT2D eigenvalue weighted by Gasteiger charge is 2.16. The fourth-order valence-electron chi connectivity index (χ4n) is 1.68. The van der Waals surface area contributed by atoms with Gasteiger partial charge in [0.25, 0.3) is 0 Å². The van der Waals surface area contributed by atoms with Gasteiger partial charge in [-0.15, -0.1) is 0 Å². The van der Waals surface area contributed by atoms with E-state index in [9.17, 15) is 8.78 Å². The van der Waals surface area contributed by atoms with E-state index < -0.39 is 11.6 Å². The number of nitrogen functional groups attached to an aromatic ring is 1. The summed E-state index contributed by atoms with van der Waals surface area (Å²) in [6.45, 7) is 3.48. The number of nitrogens with two attached hydrogens (primary N) is 1. The van der Waals surface area contributed by atoms with Crippen LogP contribution in [-0.2, 0) is 0 Å². The van der Waals surface area contributed by atoms with E-state index in [2.05, 4.69) is 4.98 Å². The maximum Gasteiger partial charge on any atom is 0.150 e. The van der Waals surface area contributed by atoms with Gasteiger partial charge >= 0.3 is 0 Å². The smallest absolute Gasteiger partial charge is 0.150 e. The third-order valence-corrected chi connectivity index (χ3v) is 2.82. The highest BCUT2D eigenvalue weighted by Crippen LogP contribution is 2.22. The van der Waals surface area contributed by atoms with E-state index in [0.29, 0.717) is 11.4 Å². The van der Waals surface area contributed by atoms with Crippen molar-refractivity contribution in [1.82, 2.24) is 9.55 Å². The van der Waals surface area contributed by atoms with E-state index in [1.807, 2.05) is 0 Å². The summed E-state index contributed by atoms with van der Waals surface area (Å²) in [6.07, 6.45) is 1.36. The van der Waals surface area contributed by atoms with Gasteiger partial charge in [0.1, 0.15) is 11.5 Å². The highest BCUT2D eigenvalue weighted by atomic mass is 19.1. The summed E-state index contributed by atoms with van der Waals surface area (Å²) in [5.41, 5.74) is 6.37. The van der Waals surface area contributed by atoms with Gasteiger partial charge < -0.3 is 5.73 Å². The molecule has 0 aliphatic carbocycles. The molecule has 0 saturated carbocycles. The number of benzene rings is 1. The molecule has 1 aromatic carbocycles. The summed E-state index contributed by atoms with van der Waals surface area (Å²) in [4.78, 5) is 3.99. The number of amidine groups is 1. The summed E-state index contributed by atoms with van der Waals surface area (Å²) in [5.74, 6) is -1.93. The van der Waals surface area contributed by atoms with Crippen LogP contribution in [-0.4, -0.2) is 15.4 Å². The first-order chi connectivity index (χ1) is 8.41. The zero-order valence-corrected chi connectivity index (χ0v) is 9.96. The van der Waals surface area contributed by atoms with E-state index in [1.54, 1.807) is 13.8 Å². The van der Waals surface area contributed by atoms with Crippen molar-refractivity contribution in [3.63, 3.8) is 0 Å². The molecule has 0 radical (unpaired) electrons. The Bertz CT molecular complexity index is 608. The molecule has 0 saturated heterocycles. The largest absolute Gasteiger partial charge is 0.384 e. The number of imidazole rings is 1. The van der Waals surface area contributed by atoms with Crippen LogP contribution in [0.3, 0.4) is 0 Å². The average Bonchev–Trinajstić information content (AvgIpc) is 2.60. The van der Waals surface area contributed by atoms with Crippen LogP contribution in [0.4, 0.5) is 8.78 Å². The lowest BCUT2D eigenvalue weighted by Crippen LogP contribution is -2.13. The molecule has 6 heteroatoms. The fraction of sp³-hybridized carbons (Fsp3) is 0.167. The van der Waals surface area contributed by atoms with Gasteiger partial charge in [-0.3, -0.25) is 9.98 Å². The van der Waals surface area contributed by atoms with E-state index in [4.69, 9.17) is 11.1 Å². The standard InChI is InChI=1S/C12H12F2N4/c1-6-7(2)18(5-17-6)11-9(13)3-8(12(15)16)4-10(11)14/h3-5H,1-2H3,(H3,15,16). The topological polar surface area (TPSA) is 67.7 Å². The second kappa shape index (κ2) is 4.21. The number of hydrogen-bond acceptors (Lipinski definition) is 2. The molecule has 0 aliphatic rings. The maximum absolute atomic E-state index is 13.9. The highest BCUT2D eigenvalue weighted by molar-refractivity contribution is 5.95. The minimum Gasteiger partial charge on any atom is -0.384 e. The van der Waals surface area contributed by atoms with Crippen molar-refractivity contribution in [1.29, 1.82) is 5.41 Å². The van der Waals surface area contributed by atoms with E-state index >= 15 is 0 Å². The van der Waals surface area contributed by atoms with Crippen LogP contribution in [0.5, 0.6) is 0 Å². The van der Waals surface area contributed by atoms with Crippen molar-refractivity contribution in [2.45, 2.75) is 13.8 Å². The number of nitrogens with one attached hydrogen (secondary N) is 1. The Morgan fingerprint density at radius 1 is 1.28 bits per heavy atom. The third-order valence-electron chi connectivity index (χ3n) is 2.82. The average molecular weight is 250 g/mol. The number of rotatable bonds is 2. The maximum atomic E-state index is 13.9. The second-order valence-corrected chi connectivity index (χ2v) is 3.99. The van der Waals surface area contributed by atoms with Gasteiger partial charge in [-0.05, 0) is 26.0 Å². The van der Waals surface area contributed by atoms with Gasteiger partial charge in [-0.25, -0.2) is 13.8 Å². The molecule has 0 spiro atoms. The van der Waals surface area contributed by atoms with Gasteiger partial charge in [0.15, 0.2) is 11.6 Å². The Labute approximate surface area is 103 Å². The van der Waals surface area contributed by atoms with Crippen LogP contribution >= 0.6 is 0 Å². The third kappa shape index (κ3) is 1.85. The molecule has 1 heterocycles. The number of aromatic nitrogens is 2. The van der Waals surface area contributed by atoms with Crippen LogP contribution in [0.2, 0.25) is 0 Å². The minimum atomic E-state index is -0.777. The van der Waals surface area contributed by atoms with Crippen LogP contribution < -0.4 is 5.73 Å². The van der Waals surface area contributed by atoms with Crippen LogP contribution in [0, 0.1) is 30.9 Å². The molecule has 18 heavy (non-hydrogen) atoms. The molecule has 94 valence electrons. The fourth-order valence-corrected chi connectivity index (χ4v) is 1.68. The minimum absolute atomic E-state index is 0.0169. The Hall–Kier alpha value is -2.24. The molecule has 0 fully saturated rings. The quantitative estimate of drug-likeness (QED) is 0.632. The molecule has 4 nitrogen and oxygen atoms in total. The van der Waals surface area contributed by atoms with Crippen LogP contribution in [0.1, 0.15) is 17.0 Å². The zero-order valence-electron chi connectivity index (χ0n) is 9.96. The first-order valence-corrected chi connectivity index (χ1v) is 5.26. The Balaban J connectivity index is 2.66. The van der Waals surface area contributed by atoms with Crippen molar-refractivity contribution in [3.05, 3.63) is 47.0 Å². The molecule has 3 N–H and O–H groups in total. The second-order valence-electron chi connectivity index (χ2n) is 3.99. The molecule has 2 aromatic rings. The Morgan fingerprint density at radius 2 is 1.83 bits per heavy atom. The number of nitrogens with zero attached hydrogens (tertiary/aromatic N) is 2. The molecular formula is C12H12F2N4. The SMILES string of the molecule is Cc1ncn(-c2c(F)cc(C(=N)N)cc2F)c1C. The number of halogens is 2. The summed E-state index contributed by atoms with van der Waals surface area (Å²) < 4.78 is 29.1. The van der Waals surface area contributed by atoms with Gasteiger partial charge in [0.2, 0.25) is 0 Å². The van der Waals surface area contributed by atoms with Gasteiger partial charge in [-0.1, -0.05) is 0 Å². The van der Waals surface area contributed by atoms with Crippen molar-refractivity contribution in [2.24, 2.45) is 5.73 Å². The molecular weight excluding hydrogens is 238 g/mol. The van der Waals surface area contributed by atoms with E-state index in [1.165, 1.54) is 10.9 Å². The summed E-state index contributed by atoms with van der Waals surface area (Å²) in [5, 5.41) is 7.18. The lowest BCUT2D eigenvalue weighted by atomic mass is 10.1. The predicted octanol–water partition coefficient (Wildman–Crippen LogP) is 2.05. The molecule has 0 atom stereocenters. The van der Waals surface area contributed by atoms with Gasteiger partial charge in [0.05, 0.1) is 12.0 Å². The number of hydrogen-bond donors (Lipinski definition) is 2. The normalized spacial score (nSPS) is 10.7. The van der Waals surface area contributed by atoms with Crippen molar-refractivity contribution >= 4 is 5.84 Å². The summed E-state index contributed by atoms with van der Waals surface area (Å²) in [7, 11) is 0. The monoisotopic (exact) mass is 250 g/mol. The first-order valence-electron chi connectivity index (χ1n) is 5.26. The number of aryl methyl sites for hydroxylation is 1. The van der Waals surface area contributed by atoms with Crippen molar-refractivity contribution in [3.8, 4) is 5.69 Å². The Kier molecular flexibility index (Phi) is 2.86. The van der Waals surface area contributed by atoms with E-state index in [0.717, 1.165) is 12.1 Å². The lowest BCUT2D eigenvalue weighted by molar-refractivity contribution is 0.567. The van der Waals surface area contributed by atoms with Crippen LogP contribution in [0.25, 0.3) is 5.69 Å². The van der Waals surface area contributed by atoms with Gasteiger partial charge in [0, 0.05) is 11.3 Å². The van der Waals surface area contributed by atoms with Gasteiger partial charge in [-0.2, -0.15) is 0 Å². The van der Waals surface area contributed by atoms with E-state index in [-0.39, 0.29) is 17.1 Å². The van der Waals surface area contributed by atoms with Crippen molar-refractivity contribution < 1.29 is 8.78 Å². The Morgan fingerprint density at radius 3 is 2.22 bits per heavy atom. The molecule has 2 rings (SSSR count). The zero-order chi connectivity index (χ0) is 13.4. The molecule has 0 amide bonds. The summed E-state index contributed by atoms with van der Waals surface area (Å²) >= 11 is 0. The predicted molar refractivity (Wildman–Crippen MR) is 64.0 cm³/mol. The first kappa shape index (κ1) is 12.2. The molecule has 0 bridgehead atoms. The molecule has 0 aliphatic heterocycles.